The van der Waals surface area contributed by atoms with E-state index in [-0.39, 0.29) is 59.5 Å². The van der Waals surface area contributed by atoms with Gasteiger partial charge in [0.2, 0.25) is 29.6 Å². The van der Waals surface area contributed by atoms with Gasteiger partial charge in [0.25, 0.3) is 0 Å². The standard InChI is InChI=1S/C27H28F3N7O3.C18H19ClF3N5O2.C9H10N2O/c1-4-25(39)35-24-7-5-6-18(32-24)14-22-20(27(28,29)30)16-31-26(34-22)33-21-9-8-19(15-23(21)40-3)37-12-10-36(11-13-37)17(2)38;1-11(28)26-5-7-27(8-6-26)12-3-4-14(15(9-12)29-2)24-17-23-10-13(16(19)25-17)18(20,21)22;1-2-8(12)6-7-4-3-5-9(10)11-7/h4-9,15-16H,1,10-14H2,2-3H3,(H,31,33,34)(H,32,35,39);3-4,9-10H,5-8H2,1-2H3,(H,23,24,25);2-5H,1,6H2,(H2,10,11). The van der Waals surface area contributed by atoms with Crippen molar-refractivity contribution in [2.24, 2.45) is 0 Å². The maximum atomic E-state index is 13.8. The molecule has 2 saturated heterocycles. The van der Waals surface area contributed by atoms with E-state index >= 15 is 0 Å². The monoisotopic (exact) mass is 1150 g/mol. The highest BCUT2D eigenvalue weighted by Gasteiger charge is 2.36. The minimum absolute atomic E-state index is 0.0376. The largest absolute Gasteiger partial charge is 0.494 e. The number of nitrogen functional groups attached to an aromatic ring is 1. The number of nitrogens with zero attached hydrogens (tertiary/aromatic N) is 10. The van der Waals surface area contributed by atoms with Crippen LogP contribution in [0.15, 0.2) is 111 Å². The van der Waals surface area contributed by atoms with E-state index in [9.17, 15) is 45.5 Å². The number of nitrogens with one attached hydrogen (secondary N) is 3. The number of allylic oxidation sites excluding steroid dienone is 1. The number of benzene rings is 2. The Hall–Kier alpha value is -9.07. The van der Waals surface area contributed by atoms with E-state index in [4.69, 9.17) is 26.8 Å². The summed E-state index contributed by atoms with van der Waals surface area (Å²) in [5.74, 6) is 0.942. The van der Waals surface area contributed by atoms with Gasteiger partial charge in [-0.3, -0.25) is 19.2 Å². The number of halogens is 7. The van der Waals surface area contributed by atoms with Crippen LogP contribution in [0.2, 0.25) is 5.15 Å². The van der Waals surface area contributed by atoms with Gasteiger partial charge in [0, 0.05) is 114 Å². The summed E-state index contributed by atoms with van der Waals surface area (Å²) in [6.45, 7) is 15.0. The van der Waals surface area contributed by atoms with Gasteiger partial charge >= 0.3 is 12.4 Å². The minimum atomic E-state index is -4.69. The van der Waals surface area contributed by atoms with E-state index in [1.807, 2.05) is 18.2 Å². The molecule has 5 N–H and O–H groups in total. The Labute approximate surface area is 467 Å². The molecule has 0 saturated carbocycles. The van der Waals surface area contributed by atoms with Gasteiger partial charge in [-0.15, -0.1) is 0 Å². The van der Waals surface area contributed by atoms with Crippen LogP contribution in [0.5, 0.6) is 11.5 Å². The molecule has 4 aromatic heterocycles. The molecular weight excluding hydrogens is 1090 g/mol. The van der Waals surface area contributed by atoms with Gasteiger partial charge in [-0.25, -0.2) is 29.9 Å². The topological polar surface area (TPSA) is 239 Å². The van der Waals surface area contributed by atoms with E-state index in [2.05, 4.69) is 68.8 Å². The van der Waals surface area contributed by atoms with E-state index in [1.54, 1.807) is 66.1 Å². The first-order valence-corrected chi connectivity index (χ1v) is 25.1. The van der Waals surface area contributed by atoms with Crippen LogP contribution in [0, 0.1) is 0 Å². The van der Waals surface area contributed by atoms with E-state index in [0.29, 0.717) is 92.9 Å². The maximum Gasteiger partial charge on any atom is 0.420 e. The summed E-state index contributed by atoms with van der Waals surface area (Å²) in [7, 11) is 2.97. The Kier molecular flexibility index (Phi) is 20.9. The quantitative estimate of drug-likeness (QED) is 0.0428. The molecule has 2 aromatic carbocycles. The second kappa shape index (κ2) is 27.7. The summed E-state index contributed by atoms with van der Waals surface area (Å²) < 4.78 is 90.6. The van der Waals surface area contributed by atoms with Crippen molar-refractivity contribution in [2.45, 2.75) is 39.0 Å². The third kappa shape index (κ3) is 17.5. The summed E-state index contributed by atoms with van der Waals surface area (Å²) in [6, 6.07) is 20.6. The molecule has 2 fully saturated rings. The van der Waals surface area contributed by atoms with Gasteiger partial charge in [0.1, 0.15) is 33.9 Å². The average Bonchev–Trinajstić information content (AvgIpc) is 3.44. The molecule has 3 amide bonds. The Morgan fingerprint density at radius 3 is 1.60 bits per heavy atom. The summed E-state index contributed by atoms with van der Waals surface area (Å²) >= 11 is 5.64. The summed E-state index contributed by atoms with van der Waals surface area (Å²) in [6.07, 6.45) is -5.59. The fraction of sp³-hybridized carbons (Fsp3) is 0.296. The van der Waals surface area contributed by atoms with Crippen LogP contribution >= 0.6 is 11.6 Å². The van der Waals surface area contributed by atoms with Crippen molar-refractivity contribution in [3.63, 3.8) is 0 Å². The lowest BCUT2D eigenvalue weighted by molar-refractivity contribution is -0.139. The molecule has 0 atom stereocenters. The summed E-state index contributed by atoms with van der Waals surface area (Å²) in [4.78, 5) is 76.9. The van der Waals surface area contributed by atoms with Crippen molar-refractivity contribution in [3.05, 3.63) is 144 Å². The number of nitrogens with two attached hydrogens (primary N) is 1. The highest BCUT2D eigenvalue weighted by atomic mass is 35.5. The average molecular weight is 1150 g/mol. The van der Waals surface area contributed by atoms with E-state index in [0.717, 1.165) is 23.6 Å². The van der Waals surface area contributed by atoms with Crippen molar-refractivity contribution in [1.82, 2.24) is 39.7 Å². The summed E-state index contributed by atoms with van der Waals surface area (Å²) in [5.41, 5.74) is 6.73. The van der Waals surface area contributed by atoms with Crippen LogP contribution in [-0.2, 0) is 44.4 Å². The molecule has 2 aliphatic heterocycles. The third-order valence-corrected chi connectivity index (χ3v) is 12.6. The SMILES string of the molecule is C=CC(=O)Cc1cccc(N)n1.C=CC(=O)Nc1cccc(Cc2nc(Nc3ccc(N4CCN(C(C)=O)CC4)cc3OC)ncc2C(F)(F)F)n1.COc1cc(N2CCN(C(C)=O)CC2)ccc1Nc1ncc(C(F)(F)F)c(Cl)n1. The molecule has 2 aliphatic rings. The van der Waals surface area contributed by atoms with Crippen LogP contribution < -0.4 is 41.0 Å². The van der Waals surface area contributed by atoms with E-state index in [1.165, 1.54) is 32.4 Å². The third-order valence-electron chi connectivity index (χ3n) is 12.3. The number of hydrogen-bond acceptors (Lipinski definition) is 17. The lowest BCUT2D eigenvalue weighted by atomic mass is 10.1. The molecular formula is C54H57ClF6N14O6. The van der Waals surface area contributed by atoms with Crippen molar-refractivity contribution in [2.75, 3.05) is 98.1 Å². The van der Waals surface area contributed by atoms with Crippen LogP contribution in [0.3, 0.4) is 0 Å². The molecule has 20 nitrogen and oxygen atoms in total. The number of amides is 3. The van der Waals surface area contributed by atoms with E-state index < -0.39 is 34.5 Å². The van der Waals surface area contributed by atoms with Gasteiger partial charge in [-0.05, 0) is 60.7 Å². The maximum absolute atomic E-state index is 13.8. The number of piperazine rings is 2. The molecule has 0 bridgehead atoms. The Balaban J connectivity index is 0.000000223. The number of pyridine rings is 2. The fourth-order valence-corrected chi connectivity index (χ4v) is 8.30. The molecule has 0 unspecified atom stereocenters. The fourth-order valence-electron chi connectivity index (χ4n) is 8.06. The second-order valence-corrected chi connectivity index (χ2v) is 18.1. The molecule has 6 aromatic rings. The number of rotatable bonds is 15. The van der Waals surface area contributed by atoms with Crippen molar-refractivity contribution in [3.8, 4) is 11.5 Å². The smallest absolute Gasteiger partial charge is 0.420 e. The number of hydrogen-bond donors (Lipinski definition) is 4. The Morgan fingerprint density at radius 1 is 0.654 bits per heavy atom. The van der Waals surface area contributed by atoms with Crippen LogP contribution in [0.1, 0.15) is 42.1 Å². The number of methoxy groups -OCH3 is 2. The number of ether oxygens (including phenoxy) is 2. The number of alkyl halides is 6. The minimum Gasteiger partial charge on any atom is -0.494 e. The zero-order valence-electron chi connectivity index (χ0n) is 44.4. The highest BCUT2D eigenvalue weighted by molar-refractivity contribution is 6.30. The second-order valence-electron chi connectivity index (χ2n) is 17.7. The lowest BCUT2D eigenvalue weighted by Gasteiger charge is -2.35. The van der Waals surface area contributed by atoms with Crippen LogP contribution in [0.4, 0.5) is 72.6 Å². The Bertz CT molecular complexity index is 3230. The zero-order chi connectivity index (χ0) is 59.0. The molecule has 0 spiro atoms. The number of anilines is 8. The molecule has 0 aliphatic carbocycles. The van der Waals surface area contributed by atoms with Crippen LogP contribution in [0.25, 0.3) is 0 Å². The first-order chi connectivity index (χ1) is 38.5. The predicted molar refractivity (Wildman–Crippen MR) is 294 cm³/mol. The number of carbonyl (C=O) groups is 4. The van der Waals surface area contributed by atoms with Crippen LogP contribution in [-0.4, -0.2) is 130 Å². The van der Waals surface area contributed by atoms with Gasteiger partial charge in [0.05, 0.1) is 49.0 Å². The Morgan fingerprint density at radius 2 is 1.15 bits per heavy atom. The number of aromatic nitrogens is 6. The highest BCUT2D eigenvalue weighted by Crippen LogP contribution is 2.37. The van der Waals surface area contributed by atoms with Gasteiger partial charge in [0.15, 0.2) is 5.78 Å². The lowest BCUT2D eigenvalue weighted by Crippen LogP contribution is -2.48. The predicted octanol–water partition coefficient (Wildman–Crippen LogP) is 8.56. The van der Waals surface area contributed by atoms with Gasteiger partial charge in [-0.1, -0.05) is 36.9 Å². The van der Waals surface area contributed by atoms with Crippen molar-refractivity contribution in [1.29, 1.82) is 0 Å². The first kappa shape index (κ1) is 61.1. The van der Waals surface area contributed by atoms with Gasteiger partial charge < -0.3 is 50.8 Å². The van der Waals surface area contributed by atoms with Crippen molar-refractivity contribution < 1.29 is 55.0 Å². The normalized spacial score (nSPS) is 13.3. The van der Waals surface area contributed by atoms with Gasteiger partial charge in [-0.2, -0.15) is 26.3 Å². The molecule has 6 heterocycles. The molecule has 428 valence electrons. The molecule has 27 heteroatoms. The number of carbonyl (C=O) groups excluding carboxylic acids is 4. The summed E-state index contributed by atoms with van der Waals surface area (Å²) in [5, 5.41) is 7.57. The molecule has 81 heavy (non-hydrogen) atoms. The zero-order valence-corrected chi connectivity index (χ0v) is 45.1. The first-order valence-electron chi connectivity index (χ1n) is 24.7. The molecule has 0 radical (unpaired) electrons. The van der Waals surface area contributed by atoms with Crippen molar-refractivity contribution >= 4 is 81.4 Å². The molecule has 8 rings (SSSR count). The number of ketones is 1.